The first-order chi connectivity index (χ1) is 17.9. The summed E-state index contributed by atoms with van der Waals surface area (Å²) in [6, 6.07) is 5.51. The van der Waals surface area contributed by atoms with Gasteiger partial charge in [0.2, 0.25) is 5.91 Å². The molecule has 0 bridgehead atoms. The smallest absolute Gasteiger partial charge is 0.358 e. The number of amides is 1. The molecule has 0 aliphatic heterocycles. The van der Waals surface area contributed by atoms with Crippen molar-refractivity contribution in [1.82, 2.24) is 24.9 Å². The maximum Gasteiger partial charge on any atom is 0.401 e. The van der Waals surface area contributed by atoms with E-state index >= 15 is 0 Å². The van der Waals surface area contributed by atoms with E-state index in [1.807, 2.05) is 27.1 Å². The topological polar surface area (TPSA) is 98.7 Å². The molecule has 38 heavy (non-hydrogen) atoms. The van der Waals surface area contributed by atoms with Gasteiger partial charge in [0.25, 0.3) is 0 Å². The molecule has 1 aromatic carbocycles. The summed E-state index contributed by atoms with van der Waals surface area (Å²) in [6.45, 7) is 3.73. The maximum atomic E-state index is 14.9. The lowest BCUT2D eigenvalue weighted by Crippen LogP contribution is -2.28. The number of carbonyl (C=O) groups is 1. The minimum Gasteiger partial charge on any atom is -0.358 e. The Morgan fingerprint density at radius 2 is 1.92 bits per heavy atom. The average Bonchev–Trinajstić information content (AvgIpc) is 3.44. The van der Waals surface area contributed by atoms with Crippen LogP contribution in [0.1, 0.15) is 46.9 Å². The number of rotatable bonds is 7. The fourth-order valence-electron chi connectivity index (χ4n) is 4.45. The molecule has 1 fully saturated rings. The molecule has 5 rings (SSSR count). The van der Waals surface area contributed by atoms with Crippen LogP contribution in [-0.2, 0) is 30.1 Å². The van der Waals surface area contributed by atoms with Gasteiger partial charge in [-0.2, -0.15) is 18.3 Å². The molecule has 3 aromatic heterocycles. The molecule has 198 valence electrons. The molecule has 0 unspecified atom stereocenters. The molecule has 0 saturated heterocycles. The summed E-state index contributed by atoms with van der Waals surface area (Å²) in [5.74, 6) is -1.11. The van der Waals surface area contributed by atoms with Gasteiger partial charge in [-0.25, -0.2) is 14.4 Å². The van der Waals surface area contributed by atoms with Gasteiger partial charge < -0.3 is 9.84 Å². The van der Waals surface area contributed by atoms with Crippen molar-refractivity contribution in [3.63, 3.8) is 0 Å². The summed E-state index contributed by atoms with van der Waals surface area (Å²) in [5, 5.41) is 10.2. The predicted molar refractivity (Wildman–Crippen MR) is 129 cm³/mol. The molecule has 1 amide bonds. The molecular weight excluding hydrogens is 504 g/mol. The number of alkyl halides is 3. The zero-order chi connectivity index (χ0) is 27.2. The van der Waals surface area contributed by atoms with E-state index < -0.39 is 23.3 Å². The Balaban J connectivity index is 1.25. The molecule has 12 heteroatoms. The van der Waals surface area contributed by atoms with Crippen molar-refractivity contribution in [2.75, 3.05) is 5.32 Å². The summed E-state index contributed by atoms with van der Waals surface area (Å²) in [6.07, 6.45) is -0.895. The normalized spacial score (nSPS) is 14.5. The van der Waals surface area contributed by atoms with E-state index in [4.69, 9.17) is 4.52 Å². The Hall–Kier alpha value is -4.09. The highest BCUT2D eigenvalue weighted by Gasteiger charge is 2.66. The van der Waals surface area contributed by atoms with Gasteiger partial charge in [0, 0.05) is 48.7 Å². The van der Waals surface area contributed by atoms with E-state index in [-0.39, 0.29) is 36.4 Å². The predicted octanol–water partition coefficient (Wildman–Crippen LogP) is 4.99. The third-order valence-electron chi connectivity index (χ3n) is 6.75. The summed E-state index contributed by atoms with van der Waals surface area (Å²) < 4.78 is 61.3. The third kappa shape index (κ3) is 4.90. The van der Waals surface area contributed by atoms with Crippen molar-refractivity contribution in [3.8, 4) is 11.1 Å². The lowest BCUT2D eigenvalue weighted by Gasteiger charge is -2.14. The molecule has 1 aliphatic carbocycles. The first kappa shape index (κ1) is 25.6. The largest absolute Gasteiger partial charge is 0.401 e. The van der Waals surface area contributed by atoms with Crippen molar-refractivity contribution in [1.29, 1.82) is 0 Å². The van der Waals surface area contributed by atoms with Crippen LogP contribution in [0.3, 0.4) is 0 Å². The number of hydrogen-bond acceptors (Lipinski definition) is 6. The van der Waals surface area contributed by atoms with E-state index in [1.54, 1.807) is 16.9 Å². The van der Waals surface area contributed by atoms with Crippen LogP contribution in [0.5, 0.6) is 0 Å². The van der Waals surface area contributed by atoms with Gasteiger partial charge in [-0.3, -0.25) is 9.48 Å². The van der Waals surface area contributed by atoms with Crippen LogP contribution in [0, 0.1) is 19.7 Å². The van der Waals surface area contributed by atoms with E-state index in [2.05, 4.69) is 25.5 Å². The van der Waals surface area contributed by atoms with Crippen molar-refractivity contribution in [2.45, 2.75) is 51.1 Å². The number of carbonyl (C=O) groups excluding carboxylic acids is 1. The second-order valence-electron chi connectivity index (χ2n) is 9.56. The third-order valence-corrected chi connectivity index (χ3v) is 6.75. The van der Waals surface area contributed by atoms with Crippen molar-refractivity contribution >= 4 is 11.7 Å². The van der Waals surface area contributed by atoms with Gasteiger partial charge in [0.15, 0.2) is 11.6 Å². The lowest BCUT2D eigenvalue weighted by molar-refractivity contribution is -0.165. The summed E-state index contributed by atoms with van der Waals surface area (Å²) in [7, 11) is 1.85. The van der Waals surface area contributed by atoms with Crippen molar-refractivity contribution < 1.29 is 26.9 Å². The first-order valence-corrected chi connectivity index (χ1v) is 11.9. The van der Waals surface area contributed by atoms with Crippen LogP contribution >= 0.6 is 0 Å². The van der Waals surface area contributed by atoms with Gasteiger partial charge in [-0.15, -0.1) is 0 Å². The van der Waals surface area contributed by atoms with Gasteiger partial charge in [-0.1, -0.05) is 17.3 Å². The maximum absolute atomic E-state index is 14.9. The molecule has 1 aliphatic rings. The molecule has 4 aromatic rings. The Labute approximate surface area is 215 Å². The van der Waals surface area contributed by atoms with Gasteiger partial charge in [0.1, 0.15) is 17.1 Å². The fraction of sp³-hybridized carbons (Fsp3) is 0.346. The average molecular weight is 529 g/mol. The van der Waals surface area contributed by atoms with Crippen LogP contribution in [0.15, 0.2) is 41.2 Å². The molecule has 0 radical (unpaired) electrons. The Morgan fingerprint density at radius 3 is 2.53 bits per heavy atom. The Kier molecular flexibility index (Phi) is 6.28. The number of nitrogens with zero attached hydrogens (tertiary/aromatic N) is 5. The monoisotopic (exact) mass is 528 g/mol. The van der Waals surface area contributed by atoms with Crippen molar-refractivity contribution in [2.24, 2.45) is 7.05 Å². The minimum atomic E-state index is -4.46. The molecule has 0 atom stereocenters. The van der Waals surface area contributed by atoms with Gasteiger partial charge in [-0.05, 0) is 43.9 Å². The number of benzene rings is 1. The number of anilines is 1. The second-order valence-corrected chi connectivity index (χ2v) is 9.56. The molecule has 3 heterocycles. The lowest BCUT2D eigenvalue weighted by atomic mass is 10.0. The van der Waals surface area contributed by atoms with E-state index in [9.17, 15) is 22.4 Å². The summed E-state index contributed by atoms with van der Waals surface area (Å²) in [4.78, 5) is 21.4. The van der Waals surface area contributed by atoms with E-state index in [1.165, 1.54) is 12.1 Å². The van der Waals surface area contributed by atoms with Crippen LogP contribution < -0.4 is 5.32 Å². The highest BCUT2D eigenvalue weighted by Crippen LogP contribution is 2.59. The highest BCUT2D eigenvalue weighted by atomic mass is 19.4. The van der Waals surface area contributed by atoms with Crippen molar-refractivity contribution in [3.05, 3.63) is 76.6 Å². The zero-order valence-corrected chi connectivity index (χ0v) is 20.9. The minimum absolute atomic E-state index is 0.0892. The molecule has 8 nitrogen and oxygen atoms in total. The second kappa shape index (κ2) is 9.34. The zero-order valence-electron chi connectivity index (χ0n) is 20.9. The molecule has 1 saturated carbocycles. The summed E-state index contributed by atoms with van der Waals surface area (Å²) >= 11 is 0. The number of aryl methyl sites for hydroxylation is 3. The number of nitrogens with one attached hydrogen (secondary N) is 1. The number of hydrogen-bond donors (Lipinski definition) is 1. The molecule has 1 N–H and O–H groups in total. The van der Waals surface area contributed by atoms with Crippen LogP contribution in [-0.4, -0.2) is 37.0 Å². The van der Waals surface area contributed by atoms with Crippen LogP contribution in [0.4, 0.5) is 23.4 Å². The van der Waals surface area contributed by atoms with E-state index in [0.717, 1.165) is 17.3 Å². The Morgan fingerprint density at radius 1 is 1.16 bits per heavy atom. The molecule has 0 spiro atoms. The van der Waals surface area contributed by atoms with E-state index in [0.29, 0.717) is 29.1 Å². The highest BCUT2D eigenvalue weighted by molar-refractivity contribution is 5.91. The number of aromatic nitrogens is 5. The SMILES string of the molecule is Cc1nn(C)cc1Cc1ncc(-c2ccc(CC(=O)Nc3cc(C4(C(F)(F)F)CC4)on3)c(F)c2)c(C)n1. The van der Waals surface area contributed by atoms with Gasteiger partial charge >= 0.3 is 6.18 Å². The quantitative estimate of drug-likeness (QED) is 0.340. The summed E-state index contributed by atoms with van der Waals surface area (Å²) in [5.41, 5.74) is 1.88. The molecular formula is C26H24F4N6O2. The van der Waals surface area contributed by atoms with Crippen LogP contribution in [0.25, 0.3) is 11.1 Å². The Bertz CT molecular complexity index is 1520. The standard InChI is InChI=1S/C26H24F4N6O2/c1-14-18(13-36(3)34-14)9-22-31-12-19(15(2)32-22)16-4-5-17(20(27)8-16)10-24(37)33-23-11-21(38-35-23)25(6-7-25)26(28,29)30/h4-5,8,11-13H,6-7,9-10H2,1-3H3,(H,33,35,37). The van der Waals surface area contributed by atoms with Crippen LogP contribution in [0.2, 0.25) is 0 Å². The number of halogens is 4. The first-order valence-electron chi connectivity index (χ1n) is 11.9. The van der Waals surface area contributed by atoms with Gasteiger partial charge in [0.05, 0.1) is 12.1 Å². The fourth-order valence-corrected chi connectivity index (χ4v) is 4.45.